The number of likely N-dealkylation sites (tertiary alicyclic amines) is 1. The van der Waals surface area contributed by atoms with E-state index in [-0.39, 0.29) is 51.0 Å². The molecule has 2 amide bonds. The number of hydrogen-bond acceptors (Lipinski definition) is 5. The van der Waals surface area contributed by atoms with E-state index in [1.54, 1.807) is 0 Å². The third kappa shape index (κ3) is 5.31. The van der Waals surface area contributed by atoms with Gasteiger partial charge in [0.25, 0.3) is 5.91 Å². The van der Waals surface area contributed by atoms with Gasteiger partial charge in [-0.3, -0.25) is 10.0 Å². The number of piperidine rings is 1. The quantitative estimate of drug-likeness (QED) is 0.429. The number of amides is 2. The minimum Gasteiger partial charge on any atom is -0.465 e. The first-order valence-electron chi connectivity index (χ1n) is 10.2. The van der Waals surface area contributed by atoms with Crippen LogP contribution in [0.25, 0.3) is 5.57 Å². The Bertz CT molecular complexity index is 1050. The molecule has 2 aliphatic rings. The Kier molecular flexibility index (Phi) is 7.05. The standard InChI is InChI=1S/C20H24F3N3O6S/c21-20(22,23)16-4-2-1-3-15(16)14-5-9-26(10-6-14)33(31,32)13-19(17(27)24-30)7-11-25(12-8-19)18(28)29/h1-5,30H,6-13H2,(H,24,27)(H,28,29). The Morgan fingerprint density at radius 2 is 1.76 bits per heavy atom. The van der Waals surface area contributed by atoms with Crippen molar-refractivity contribution in [3.05, 3.63) is 41.5 Å². The monoisotopic (exact) mass is 491 g/mol. The molecule has 2 aliphatic heterocycles. The summed E-state index contributed by atoms with van der Waals surface area (Å²) in [5, 5.41) is 18.2. The van der Waals surface area contributed by atoms with Gasteiger partial charge in [0.15, 0.2) is 0 Å². The predicted octanol–water partition coefficient (Wildman–Crippen LogP) is 2.39. The number of nitrogens with zero attached hydrogens (tertiary/aromatic N) is 2. The van der Waals surface area contributed by atoms with Gasteiger partial charge >= 0.3 is 12.3 Å². The highest BCUT2D eigenvalue weighted by atomic mass is 32.2. The maximum atomic E-state index is 13.3. The van der Waals surface area contributed by atoms with Crippen LogP contribution in [0.5, 0.6) is 0 Å². The highest BCUT2D eigenvalue weighted by molar-refractivity contribution is 7.89. The highest BCUT2D eigenvalue weighted by Crippen LogP contribution is 2.38. The van der Waals surface area contributed by atoms with Crippen LogP contribution in [0.3, 0.4) is 0 Å². The van der Waals surface area contributed by atoms with Crippen molar-refractivity contribution in [1.82, 2.24) is 14.7 Å². The molecule has 33 heavy (non-hydrogen) atoms. The first kappa shape index (κ1) is 25.0. The second kappa shape index (κ2) is 9.31. The minimum atomic E-state index is -4.55. The van der Waals surface area contributed by atoms with Crippen molar-refractivity contribution in [2.75, 3.05) is 31.9 Å². The summed E-state index contributed by atoms with van der Waals surface area (Å²) in [5.41, 5.74) is -0.448. The number of hydrogen-bond donors (Lipinski definition) is 3. The van der Waals surface area contributed by atoms with Gasteiger partial charge in [-0.25, -0.2) is 18.7 Å². The maximum absolute atomic E-state index is 13.3. The molecule has 0 spiro atoms. The lowest BCUT2D eigenvalue weighted by molar-refractivity contribution is -0.141. The summed E-state index contributed by atoms with van der Waals surface area (Å²) in [6.45, 7) is -0.381. The van der Waals surface area contributed by atoms with Gasteiger partial charge in [0, 0.05) is 26.2 Å². The van der Waals surface area contributed by atoms with Gasteiger partial charge in [0.05, 0.1) is 16.7 Å². The molecule has 13 heteroatoms. The topological polar surface area (TPSA) is 127 Å². The van der Waals surface area contributed by atoms with Crippen LogP contribution in [0.2, 0.25) is 0 Å². The second-order valence-electron chi connectivity index (χ2n) is 8.13. The molecule has 0 unspecified atom stereocenters. The zero-order valence-corrected chi connectivity index (χ0v) is 18.3. The van der Waals surface area contributed by atoms with Crippen molar-refractivity contribution in [2.24, 2.45) is 5.41 Å². The third-order valence-corrected chi connectivity index (χ3v) is 8.21. The molecule has 3 rings (SSSR count). The first-order chi connectivity index (χ1) is 15.4. The predicted molar refractivity (Wildman–Crippen MR) is 111 cm³/mol. The molecule has 0 aromatic heterocycles. The fourth-order valence-electron chi connectivity index (χ4n) is 4.28. The molecule has 182 valence electrons. The van der Waals surface area contributed by atoms with Crippen molar-refractivity contribution >= 4 is 27.6 Å². The number of alkyl halides is 3. The lowest BCUT2D eigenvalue weighted by Gasteiger charge is -2.40. The van der Waals surface area contributed by atoms with Gasteiger partial charge in [-0.15, -0.1) is 0 Å². The van der Waals surface area contributed by atoms with Crippen LogP contribution >= 0.6 is 0 Å². The number of nitrogens with one attached hydrogen (secondary N) is 1. The molecule has 2 heterocycles. The third-order valence-electron chi connectivity index (χ3n) is 6.18. The average Bonchev–Trinajstić information content (AvgIpc) is 2.78. The van der Waals surface area contributed by atoms with Crippen molar-refractivity contribution in [3.8, 4) is 0 Å². The number of carbonyl (C=O) groups excluding carboxylic acids is 1. The van der Waals surface area contributed by atoms with Gasteiger partial charge in [-0.1, -0.05) is 24.3 Å². The second-order valence-corrected chi connectivity index (χ2v) is 10.1. The summed E-state index contributed by atoms with van der Waals surface area (Å²) in [7, 11) is -4.05. The van der Waals surface area contributed by atoms with Crippen LogP contribution in [0, 0.1) is 5.41 Å². The number of carboxylic acid groups (broad SMARTS) is 1. The normalized spacial score (nSPS) is 19.6. The van der Waals surface area contributed by atoms with Gasteiger partial charge < -0.3 is 10.0 Å². The number of sulfonamides is 1. The van der Waals surface area contributed by atoms with Crippen molar-refractivity contribution in [2.45, 2.75) is 25.4 Å². The van der Waals surface area contributed by atoms with Crippen molar-refractivity contribution in [1.29, 1.82) is 0 Å². The van der Waals surface area contributed by atoms with Gasteiger partial charge in [-0.05, 0) is 36.5 Å². The Hall–Kier alpha value is -2.64. The van der Waals surface area contributed by atoms with Crippen LogP contribution in [0.15, 0.2) is 30.3 Å². The zero-order chi connectivity index (χ0) is 24.4. The molecule has 1 fully saturated rings. The molecular weight excluding hydrogens is 467 g/mol. The smallest absolute Gasteiger partial charge is 0.416 e. The molecule has 0 radical (unpaired) electrons. The number of benzene rings is 1. The number of hydroxylamine groups is 1. The molecule has 0 saturated carbocycles. The molecule has 1 aromatic rings. The summed E-state index contributed by atoms with van der Waals surface area (Å²) < 4.78 is 67.2. The van der Waals surface area contributed by atoms with E-state index in [4.69, 9.17) is 10.3 Å². The molecule has 1 aromatic carbocycles. The highest BCUT2D eigenvalue weighted by Gasteiger charge is 2.47. The maximum Gasteiger partial charge on any atom is 0.416 e. The molecule has 3 N–H and O–H groups in total. The Morgan fingerprint density at radius 3 is 2.27 bits per heavy atom. The summed E-state index contributed by atoms with van der Waals surface area (Å²) in [5.74, 6) is -1.56. The number of carbonyl (C=O) groups is 2. The lowest BCUT2D eigenvalue weighted by atomic mass is 9.79. The zero-order valence-electron chi connectivity index (χ0n) is 17.5. The van der Waals surface area contributed by atoms with E-state index < -0.39 is 44.9 Å². The Balaban J connectivity index is 1.79. The average molecular weight is 491 g/mol. The molecule has 0 aliphatic carbocycles. The van der Waals surface area contributed by atoms with E-state index in [9.17, 15) is 31.2 Å². The van der Waals surface area contributed by atoms with Gasteiger partial charge in [-0.2, -0.15) is 17.5 Å². The summed E-state index contributed by atoms with van der Waals surface area (Å²) in [6.07, 6.45) is -4.45. The van der Waals surface area contributed by atoms with Crippen LogP contribution in [0.1, 0.15) is 30.4 Å². The van der Waals surface area contributed by atoms with E-state index >= 15 is 0 Å². The summed E-state index contributed by atoms with van der Waals surface area (Å²) >= 11 is 0. The van der Waals surface area contributed by atoms with Crippen molar-refractivity contribution in [3.63, 3.8) is 0 Å². The van der Waals surface area contributed by atoms with E-state index in [2.05, 4.69) is 0 Å². The summed E-state index contributed by atoms with van der Waals surface area (Å²) in [6, 6.07) is 5.08. The number of halogens is 3. The minimum absolute atomic E-state index is 0.000723. The van der Waals surface area contributed by atoms with E-state index in [0.717, 1.165) is 15.3 Å². The lowest BCUT2D eigenvalue weighted by Crippen LogP contribution is -2.54. The van der Waals surface area contributed by atoms with Crippen LogP contribution in [0.4, 0.5) is 18.0 Å². The van der Waals surface area contributed by atoms with Crippen molar-refractivity contribution < 1.29 is 41.5 Å². The van der Waals surface area contributed by atoms with E-state index in [1.807, 2.05) is 0 Å². The largest absolute Gasteiger partial charge is 0.465 e. The van der Waals surface area contributed by atoms with E-state index in [0.29, 0.717) is 5.57 Å². The van der Waals surface area contributed by atoms with Gasteiger partial charge in [0.1, 0.15) is 0 Å². The molecule has 1 saturated heterocycles. The fourth-order valence-corrected chi connectivity index (χ4v) is 6.25. The SMILES string of the molecule is O=C(O)N1CCC(CS(=O)(=O)N2CC=C(c3ccccc3C(F)(F)F)CC2)(C(=O)NO)CC1. The molecule has 0 bridgehead atoms. The van der Waals surface area contributed by atoms with Crippen LogP contribution < -0.4 is 5.48 Å². The number of rotatable bonds is 5. The fraction of sp³-hybridized carbons (Fsp3) is 0.500. The Morgan fingerprint density at radius 1 is 1.12 bits per heavy atom. The van der Waals surface area contributed by atoms with Crippen LogP contribution in [-0.2, 0) is 21.0 Å². The molecule has 0 atom stereocenters. The molecule has 9 nitrogen and oxygen atoms in total. The molecular formula is C20H24F3N3O6S. The van der Waals surface area contributed by atoms with Crippen LogP contribution in [-0.4, -0.2) is 71.9 Å². The van der Waals surface area contributed by atoms with E-state index in [1.165, 1.54) is 29.8 Å². The van der Waals surface area contributed by atoms with Gasteiger partial charge in [0.2, 0.25) is 10.0 Å². The summed E-state index contributed by atoms with van der Waals surface area (Å²) in [4.78, 5) is 24.6. The first-order valence-corrected chi connectivity index (χ1v) is 11.8. The Labute approximate surface area is 188 Å².